The third-order valence-electron chi connectivity index (χ3n) is 8.90. The van der Waals surface area contributed by atoms with Crippen LogP contribution in [0.5, 0.6) is 0 Å². The first-order valence-electron chi connectivity index (χ1n) is 21.4. The number of rotatable bonds is 39. The highest BCUT2D eigenvalue weighted by Crippen LogP contribution is 2.43. The molecule has 0 aliphatic carbocycles. The highest BCUT2D eigenvalue weighted by molar-refractivity contribution is 7.47. The molecule has 0 saturated heterocycles. The lowest BCUT2D eigenvalue weighted by molar-refractivity contribution is -0.870. The maximum absolute atomic E-state index is 12.7. The summed E-state index contributed by atoms with van der Waals surface area (Å²) in [6.45, 7) is 4.69. The van der Waals surface area contributed by atoms with E-state index in [1.54, 1.807) is 12.3 Å². The Balaban J connectivity index is 4.39. The molecule has 0 aromatic rings. The molecule has 0 rings (SSSR count). The van der Waals surface area contributed by atoms with Gasteiger partial charge in [0.2, 0.25) is 0 Å². The van der Waals surface area contributed by atoms with E-state index in [4.69, 9.17) is 18.5 Å². The second-order valence-electron chi connectivity index (χ2n) is 15.5. The summed E-state index contributed by atoms with van der Waals surface area (Å²) >= 11 is 0. The number of ether oxygens (including phenoxy) is 2. The van der Waals surface area contributed by atoms with Crippen molar-refractivity contribution in [1.29, 1.82) is 0 Å². The van der Waals surface area contributed by atoms with Gasteiger partial charge < -0.3 is 18.9 Å². The van der Waals surface area contributed by atoms with Crippen LogP contribution in [0.15, 0.2) is 48.8 Å². The van der Waals surface area contributed by atoms with Gasteiger partial charge in [-0.25, -0.2) is 4.57 Å². The molecule has 0 radical (unpaired) electrons. The Morgan fingerprint density at radius 1 is 0.630 bits per heavy atom. The minimum Gasteiger partial charge on any atom is -0.498 e. The van der Waals surface area contributed by atoms with Crippen molar-refractivity contribution in [1.82, 2.24) is 0 Å². The number of hydrogen-bond acceptors (Lipinski definition) is 7. The van der Waals surface area contributed by atoms with Crippen LogP contribution in [-0.4, -0.2) is 74.7 Å². The van der Waals surface area contributed by atoms with Crippen LogP contribution in [0.3, 0.4) is 0 Å². The zero-order valence-corrected chi connectivity index (χ0v) is 36.1. The number of carbonyl (C=O) groups is 2. The lowest BCUT2D eigenvalue weighted by atomic mass is 10.1. The van der Waals surface area contributed by atoms with Gasteiger partial charge in [-0.05, 0) is 76.4 Å². The number of ketones is 1. The summed E-state index contributed by atoms with van der Waals surface area (Å²) in [5.74, 6) is -0.195. The molecule has 54 heavy (non-hydrogen) atoms. The Morgan fingerprint density at radius 2 is 1.15 bits per heavy atom. The topological polar surface area (TPSA) is 108 Å². The Hall–Kier alpha value is -2.03. The summed E-state index contributed by atoms with van der Waals surface area (Å²) in [5.41, 5.74) is 0. The molecular formula is C44H81NO8P+. The van der Waals surface area contributed by atoms with E-state index in [0.29, 0.717) is 23.9 Å². The van der Waals surface area contributed by atoms with Gasteiger partial charge >= 0.3 is 13.8 Å². The number of carbonyl (C=O) groups excluding carboxylic acids is 2. The quantitative estimate of drug-likeness (QED) is 0.00959. The van der Waals surface area contributed by atoms with Gasteiger partial charge in [-0.3, -0.25) is 18.6 Å². The van der Waals surface area contributed by atoms with Crippen LogP contribution in [0.2, 0.25) is 0 Å². The maximum Gasteiger partial charge on any atom is 0.472 e. The van der Waals surface area contributed by atoms with Crippen LogP contribution in [-0.2, 0) is 32.7 Å². The molecule has 0 bridgehead atoms. The van der Waals surface area contributed by atoms with Gasteiger partial charge in [0, 0.05) is 12.8 Å². The fourth-order valence-electron chi connectivity index (χ4n) is 5.49. The van der Waals surface area contributed by atoms with Gasteiger partial charge in [0.25, 0.3) is 0 Å². The van der Waals surface area contributed by atoms with E-state index in [2.05, 4.69) is 32.1 Å². The predicted molar refractivity (Wildman–Crippen MR) is 224 cm³/mol. The monoisotopic (exact) mass is 783 g/mol. The number of esters is 1. The minimum absolute atomic E-state index is 0.0179. The third-order valence-corrected chi connectivity index (χ3v) is 9.89. The van der Waals surface area contributed by atoms with Gasteiger partial charge in [0.15, 0.2) is 11.9 Å². The van der Waals surface area contributed by atoms with Gasteiger partial charge in [-0.2, -0.15) is 0 Å². The molecule has 10 heteroatoms. The Bertz CT molecular complexity index is 1070. The third kappa shape index (κ3) is 39.7. The molecule has 0 aliphatic heterocycles. The fourth-order valence-corrected chi connectivity index (χ4v) is 6.23. The van der Waals surface area contributed by atoms with Gasteiger partial charge in [-0.1, -0.05) is 121 Å². The molecule has 0 heterocycles. The van der Waals surface area contributed by atoms with E-state index in [9.17, 15) is 19.0 Å². The van der Waals surface area contributed by atoms with Crippen LogP contribution in [0.4, 0.5) is 0 Å². The zero-order valence-electron chi connectivity index (χ0n) is 35.2. The molecule has 0 spiro atoms. The average molecular weight is 783 g/mol. The van der Waals surface area contributed by atoms with E-state index >= 15 is 0 Å². The number of phosphoric ester groups is 1. The first kappa shape index (κ1) is 52.0. The van der Waals surface area contributed by atoms with Crippen molar-refractivity contribution in [3.63, 3.8) is 0 Å². The number of quaternary nitrogens is 1. The molecule has 0 fully saturated rings. The second kappa shape index (κ2) is 36.6. The fraction of sp³-hybridized carbons (Fsp3) is 0.773. The van der Waals surface area contributed by atoms with Crippen molar-refractivity contribution in [2.24, 2.45) is 0 Å². The van der Waals surface area contributed by atoms with Crippen LogP contribution in [0, 0.1) is 0 Å². The minimum atomic E-state index is -4.31. The molecule has 314 valence electrons. The first-order chi connectivity index (χ1) is 26.0. The summed E-state index contributed by atoms with van der Waals surface area (Å²) in [5, 5.41) is 0. The summed E-state index contributed by atoms with van der Waals surface area (Å²) in [6.07, 6.45) is 40.7. The molecule has 0 saturated carbocycles. The smallest absolute Gasteiger partial charge is 0.472 e. The molecule has 0 aromatic heterocycles. The van der Waals surface area contributed by atoms with Gasteiger partial charge in [0.05, 0.1) is 34.0 Å². The van der Waals surface area contributed by atoms with Crippen molar-refractivity contribution in [3.8, 4) is 0 Å². The first-order valence-corrected chi connectivity index (χ1v) is 22.9. The lowest BCUT2D eigenvalue weighted by Crippen LogP contribution is -2.37. The Kier molecular flexibility index (Phi) is 35.2. The van der Waals surface area contributed by atoms with E-state index in [1.165, 1.54) is 70.6 Å². The number of unbranched alkanes of at least 4 members (excludes halogenated alkanes) is 18. The molecular weight excluding hydrogens is 701 g/mol. The van der Waals surface area contributed by atoms with E-state index in [-0.39, 0.29) is 38.0 Å². The van der Waals surface area contributed by atoms with Crippen molar-refractivity contribution in [2.45, 2.75) is 174 Å². The number of nitrogens with zero attached hydrogens (tertiary/aromatic N) is 1. The van der Waals surface area contributed by atoms with Crippen molar-refractivity contribution in [2.75, 3.05) is 47.5 Å². The summed E-state index contributed by atoms with van der Waals surface area (Å²) < 4.78 is 34.6. The highest BCUT2D eigenvalue weighted by atomic mass is 31.2. The molecule has 1 N–H and O–H groups in total. The van der Waals surface area contributed by atoms with Gasteiger partial charge in [-0.15, -0.1) is 0 Å². The number of likely N-dealkylation sites (N-methyl/N-ethyl adjacent to an activating group) is 1. The molecule has 9 nitrogen and oxygen atoms in total. The molecule has 0 aromatic carbocycles. The molecule has 0 amide bonds. The number of allylic oxidation sites excluding steroid dienone is 7. The van der Waals surface area contributed by atoms with E-state index < -0.39 is 13.9 Å². The SMILES string of the molecule is CCCCCC/C=C\CCCCCCCC/C=C/OC[C@H](COP(=O)(O)OCC[N+](C)(C)C)OC(=O)CCCCCCC/C=C\C=C\C(=O)CCCCC. The number of phosphoric acid groups is 1. The summed E-state index contributed by atoms with van der Waals surface area (Å²) in [4.78, 5) is 34.6. The Morgan fingerprint density at radius 3 is 1.76 bits per heavy atom. The average Bonchev–Trinajstić information content (AvgIpc) is 3.11. The normalized spacial score (nSPS) is 14.1. The maximum atomic E-state index is 12.7. The lowest BCUT2D eigenvalue weighted by Gasteiger charge is -2.24. The van der Waals surface area contributed by atoms with E-state index in [0.717, 1.165) is 64.2 Å². The highest BCUT2D eigenvalue weighted by Gasteiger charge is 2.26. The van der Waals surface area contributed by atoms with Crippen LogP contribution in [0.25, 0.3) is 0 Å². The standard InChI is InChI=1S/C44H80NO8P/c1-6-8-10-11-12-13-14-15-16-17-18-19-23-26-29-33-38-50-40-43(41-52-54(48,49)51-39-37-45(3,4)5)53-44(47)36-32-28-25-22-20-21-24-27-31-35-42(46)34-30-9-7-2/h13-14,24,27,31,33,35,38,43H,6-12,15-23,25-26,28-30,32,34,36-37,39-41H2,1-5H3/p+1/b14-13-,27-24-,35-31+,38-33+/t43-/m1/s1. The van der Waals surface area contributed by atoms with Crippen molar-refractivity contribution in [3.05, 3.63) is 48.8 Å². The van der Waals surface area contributed by atoms with Crippen molar-refractivity contribution >= 4 is 19.6 Å². The number of hydrogen-bond donors (Lipinski definition) is 1. The largest absolute Gasteiger partial charge is 0.498 e. The summed E-state index contributed by atoms with van der Waals surface area (Å²) in [6, 6.07) is 0. The van der Waals surface area contributed by atoms with Crippen molar-refractivity contribution < 1.29 is 42.1 Å². The van der Waals surface area contributed by atoms with Crippen LogP contribution in [0.1, 0.15) is 168 Å². The molecule has 1 unspecified atom stereocenters. The molecule has 0 aliphatic rings. The zero-order chi connectivity index (χ0) is 40.0. The predicted octanol–water partition coefficient (Wildman–Crippen LogP) is 11.9. The van der Waals surface area contributed by atoms with Crippen LogP contribution < -0.4 is 0 Å². The molecule has 2 atom stereocenters. The second-order valence-corrected chi connectivity index (χ2v) is 16.9. The van der Waals surface area contributed by atoms with E-state index in [1.807, 2.05) is 39.4 Å². The Labute approximate surface area is 331 Å². The van der Waals surface area contributed by atoms with Crippen LogP contribution >= 0.6 is 7.82 Å². The summed E-state index contributed by atoms with van der Waals surface area (Å²) in [7, 11) is 1.57. The van der Waals surface area contributed by atoms with Gasteiger partial charge in [0.1, 0.15) is 19.8 Å².